The molecule has 0 unspecified atom stereocenters. The van der Waals surface area contributed by atoms with Gasteiger partial charge in [-0.05, 0) is 99.1 Å². The number of aromatic amines is 2. The molecule has 0 atom stereocenters. The number of benzene rings is 4. The summed E-state index contributed by atoms with van der Waals surface area (Å²) in [5, 5.41) is 5.47. The Morgan fingerprint density at radius 3 is 1.55 bits per heavy atom. The van der Waals surface area contributed by atoms with Crippen molar-refractivity contribution in [3.8, 4) is 46.3 Å². The topological polar surface area (TPSA) is 171 Å². The molecule has 10 rings (SSSR count). The number of H-pyrrole nitrogens is 2. The summed E-state index contributed by atoms with van der Waals surface area (Å²) in [6.45, 7) is 6.18. The van der Waals surface area contributed by atoms with Gasteiger partial charge in [-0.3, -0.25) is 4.79 Å². The van der Waals surface area contributed by atoms with Gasteiger partial charge in [0.15, 0.2) is 46.1 Å². The molecule has 0 radical (unpaired) electrons. The van der Waals surface area contributed by atoms with Crippen LogP contribution in [0.3, 0.4) is 0 Å². The van der Waals surface area contributed by atoms with E-state index >= 15 is 0 Å². The number of carbonyl (C=O) groups is 1. The van der Waals surface area contributed by atoms with Crippen molar-refractivity contribution in [2.75, 3.05) is 53.6 Å². The minimum absolute atomic E-state index is 0.0719. The van der Waals surface area contributed by atoms with E-state index in [-0.39, 0.29) is 29.2 Å². The average Bonchev–Trinajstić information content (AvgIpc) is 4.04. The van der Waals surface area contributed by atoms with Crippen LogP contribution in [0.4, 0.5) is 8.78 Å². The molecule has 0 saturated carbocycles. The smallest absolute Gasteiger partial charge is 0.230 e. The molecule has 65 heavy (non-hydrogen) atoms. The summed E-state index contributed by atoms with van der Waals surface area (Å²) in [6, 6.07) is 17.1. The number of nitrogens with zero attached hydrogens (tertiary/aromatic N) is 5. The molecule has 0 bridgehead atoms. The fourth-order valence-electron chi connectivity index (χ4n) is 8.19. The molecule has 8 aromatic rings. The third kappa shape index (κ3) is 9.36. The van der Waals surface area contributed by atoms with Gasteiger partial charge in [0.1, 0.15) is 12.7 Å². The highest BCUT2D eigenvalue weighted by molar-refractivity contribution is 5.89. The van der Waals surface area contributed by atoms with Gasteiger partial charge in [0.05, 0.1) is 49.2 Å². The van der Waals surface area contributed by atoms with Crippen LogP contribution in [0.2, 0.25) is 0 Å². The first kappa shape index (κ1) is 43.0. The minimum Gasteiger partial charge on any atom is -0.493 e. The van der Waals surface area contributed by atoms with Crippen LogP contribution in [0.25, 0.3) is 43.6 Å². The van der Waals surface area contributed by atoms with Gasteiger partial charge in [0, 0.05) is 66.3 Å². The van der Waals surface area contributed by atoms with Crippen LogP contribution in [0.1, 0.15) is 32.6 Å². The number of piperidine rings is 2. The highest BCUT2D eigenvalue weighted by atomic mass is 19.1. The Kier molecular flexibility index (Phi) is 12.7. The predicted octanol–water partition coefficient (Wildman–Crippen LogP) is 9.12. The quantitative estimate of drug-likeness (QED) is 0.107. The van der Waals surface area contributed by atoms with Crippen molar-refractivity contribution in [2.24, 2.45) is 11.8 Å². The molecule has 17 heteroatoms. The molecule has 3 N–H and O–H groups in total. The number of fused-ring (bicyclic) bond motifs is 4. The van der Waals surface area contributed by atoms with Crippen molar-refractivity contribution in [1.82, 2.24) is 40.1 Å². The van der Waals surface area contributed by atoms with Crippen molar-refractivity contribution in [1.29, 1.82) is 0 Å². The second-order valence-corrected chi connectivity index (χ2v) is 16.0. The number of likely N-dealkylation sites (tertiary alicyclic amines) is 1. The summed E-state index contributed by atoms with van der Waals surface area (Å²) in [6.07, 6.45) is 10.0. The Bertz CT molecular complexity index is 2970. The molecule has 6 heterocycles. The molecule has 2 fully saturated rings. The maximum Gasteiger partial charge on any atom is 0.230 e. The number of hydrogen-bond acceptors (Lipinski definition) is 12. The number of halogens is 2. The lowest BCUT2D eigenvalue weighted by atomic mass is 9.98. The molecular weight excluding hydrogens is 839 g/mol. The molecule has 2 aliphatic heterocycles. The summed E-state index contributed by atoms with van der Waals surface area (Å²) < 4.78 is 64.8. The number of rotatable bonds is 12. The molecule has 2 saturated heterocycles. The Balaban J connectivity index is 0.000000165. The van der Waals surface area contributed by atoms with Crippen LogP contribution >= 0.6 is 0 Å². The molecule has 4 aromatic carbocycles. The van der Waals surface area contributed by atoms with E-state index in [1.165, 1.54) is 12.7 Å². The third-order valence-electron chi connectivity index (χ3n) is 11.9. The SMILES string of the molecule is COc1cc2ncnc(Oc3ccc4[nH]ccc4c3F)c2cc1OCC1CCN(C(C)=O)CC1.COc1cc2ncnc(Oc3ccc4[nH]ccc4c3F)c2cc1OCC1CCNCC1. The number of carbonyl (C=O) groups excluding carboxylic acids is 1. The predicted molar refractivity (Wildman–Crippen MR) is 240 cm³/mol. The van der Waals surface area contributed by atoms with Gasteiger partial charge in [-0.25, -0.2) is 28.7 Å². The molecule has 0 aliphatic carbocycles. The number of amides is 1. The van der Waals surface area contributed by atoms with E-state index in [0.29, 0.717) is 91.7 Å². The van der Waals surface area contributed by atoms with Crippen LogP contribution in [0.15, 0.2) is 85.7 Å². The van der Waals surface area contributed by atoms with Crippen molar-refractivity contribution in [3.63, 3.8) is 0 Å². The summed E-state index contributed by atoms with van der Waals surface area (Å²) in [4.78, 5) is 36.5. The largest absolute Gasteiger partial charge is 0.493 e. The Labute approximate surface area is 372 Å². The van der Waals surface area contributed by atoms with Crippen LogP contribution in [0.5, 0.6) is 46.3 Å². The van der Waals surface area contributed by atoms with Crippen LogP contribution < -0.4 is 33.7 Å². The zero-order valence-corrected chi connectivity index (χ0v) is 36.2. The van der Waals surface area contributed by atoms with Crippen molar-refractivity contribution in [2.45, 2.75) is 32.6 Å². The fraction of sp³-hybridized carbons (Fsp3) is 0.312. The Hall–Kier alpha value is -7.27. The average molecular weight is 887 g/mol. The lowest BCUT2D eigenvalue weighted by molar-refractivity contribution is -0.130. The highest BCUT2D eigenvalue weighted by Crippen LogP contribution is 2.40. The first-order valence-electron chi connectivity index (χ1n) is 21.5. The number of ether oxygens (including phenoxy) is 6. The van der Waals surface area contributed by atoms with Crippen LogP contribution in [0, 0.1) is 23.5 Å². The van der Waals surface area contributed by atoms with Crippen molar-refractivity contribution in [3.05, 3.63) is 97.3 Å². The zero-order valence-electron chi connectivity index (χ0n) is 36.2. The first-order valence-corrected chi connectivity index (χ1v) is 21.5. The van der Waals surface area contributed by atoms with Crippen LogP contribution in [-0.4, -0.2) is 94.3 Å². The zero-order chi connectivity index (χ0) is 44.9. The molecule has 4 aromatic heterocycles. The number of methoxy groups -OCH3 is 2. The molecule has 336 valence electrons. The monoisotopic (exact) mass is 886 g/mol. The van der Waals surface area contributed by atoms with Gasteiger partial charge in [0.25, 0.3) is 0 Å². The van der Waals surface area contributed by atoms with E-state index in [1.54, 1.807) is 94.2 Å². The number of hydrogen-bond donors (Lipinski definition) is 3. The summed E-state index contributed by atoms with van der Waals surface area (Å²) in [7, 11) is 3.16. The second kappa shape index (κ2) is 19.2. The van der Waals surface area contributed by atoms with Gasteiger partial charge in [-0.2, -0.15) is 0 Å². The maximum atomic E-state index is 14.9. The highest BCUT2D eigenvalue weighted by Gasteiger charge is 2.23. The number of nitrogens with one attached hydrogen (secondary N) is 3. The second-order valence-electron chi connectivity index (χ2n) is 16.0. The van der Waals surface area contributed by atoms with E-state index in [4.69, 9.17) is 28.4 Å². The lowest BCUT2D eigenvalue weighted by Gasteiger charge is -2.31. The third-order valence-corrected chi connectivity index (χ3v) is 11.9. The Morgan fingerprint density at radius 1 is 0.615 bits per heavy atom. The van der Waals surface area contributed by atoms with Gasteiger partial charge >= 0.3 is 0 Å². The van der Waals surface area contributed by atoms with Gasteiger partial charge in [-0.1, -0.05) is 0 Å². The standard InChI is InChI=1S/C25H25FN4O4.C23H23FN4O3/c1-15(31)30-9-6-16(7-10-30)13-33-23-11-18-20(12-22(23)32-2)28-14-29-25(18)34-21-4-3-19-17(24(21)26)5-8-27-19;1-29-20-11-18-16(10-21(20)30-12-14-4-7-25-8-5-14)23(28-13-27-18)31-19-3-2-17-15(22(19)24)6-9-26-17/h3-5,8,11-12,14,16,27H,6-7,9-10,13H2,1-2H3;2-3,6,9-11,13-14,25-26H,4-5,7-8,12H2,1H3. The molecule has 1 amide bonds. The van der Waals surface area contributed by atoms with Gasteiger partial charge in [0.2, 0.25) is 17.7 Å². The van der Waals surface area contributed by atoms with Crippen molar-refractivity contribution >= 4 is 49.5 Å². The number of aromatic nitrogens is 6. The Morgan fingerprint density at radius 2 is 1.09 bits per heavy atom. The van der Waals surface area contributed by atoms with E-state index in [0.717, 1.165) is 51.9 Å². The summed E-state index contributed by atoms with van der Waals surface area (Å²) in [5.74, 6) is 2.93. The normalized spacial score (nSPS) is 14.6. The summed E-state index contributed by atoms with van der Waals surface area (Å²) in [5.41, 5.74) is 2.61. The van der Waals surface area contributed by atoms with Gasteiger partial charge < -0.3 is 48.6 Å². The van der Waals surface area contributed by atoms with Crippen LogP contribution in [-0.2, 0) is 4.79 Å². The molecule has 2 aliphatic rings. The fourth-order valence-corrected chi connectivity index (χ4v) is 8.19. The summed E-state index contributed by atoms with van der Waals surface area (Å²) >= 11 is 0. The van der Waals surface area contributed by atoms with Crippen molar-refractivity contribution < 1.29 is 42.0 Å². The minimum atomic E-state index is -0.465. The maximum absolute atomic E-state index is 14.9. The lowest BCUT2D eigenvalue weighted by Crippen LogP contribution is -2.38. The first-order chi connectivity index (χ1) is 31.8. The molecular formula is C48H48F2N8O7. The van der Waals surface area contributed by atoms with E-state index in [9.17, 15) is 13.6 Å². The van der Waals surface area contributed by atoms with Gasteiger partial charge in [-0.15, -0.1) is 0 Å². The molecule has 0 spiro atoms. The van der Waals surface area contributed by atoms with E-state index in [2.05, 4.69) is 35.2 Å². The van der Waals surface area contributed by atoms with E-state index in [1.807, 2.05) is 4.90 Å². The van der Waals surface area contributed by atoms with E-state index < -0.39 is 11.6 Å². The molecule has 15 nitrogen and oxygen atoms in total.